The predicted octanol–water partition coefficient (Wildman–Crippen LogP) is 6.07. The van der Waals surface area contributed by atoms with Crippen LogP contribution in [-0.2, 0) is 6.42 Å². The SMILES string of the molecule is COc1nc(C)c(Cc2ccccc2)c(Oc2cc(Cl)cc(C#N)c2)c1Br. The molecule has 0 fully saturated rings. The molecule has 1 heterocycles. The normalized spacial score (nSPS) is 10.3. The van der Waals surface area contributed by atoms with Crippen molar-refractivity contribution in [2.24, 2.45) is 0 Å². The summed E-state index contributed by atoms with van der Waals surface area (Å²) in [4.78, 5) is 4.51. The molecule has 1 aromatic heterocycles. The highest BCUT2D eigenvalue weighted by Gasteiger charge is 2.20. The first-order chi connectivity index (χ1) is 13.0. The third kappa shape index (κ3) is 4.41. The van der Waals surface area contributed by atoms with E-state index in [9.17, 15) is 5.26 Å². The van der Waals surface area contributed by atoms with Crippen molar-refractivity contribution in [3.05, 3.63) is 80.4 Å². The molecule has 0 spiro atoms. The van der Waals surface area contributed by atoms with Crippen LogP contribution in [-0.4, -0.2) is 12.1 Å². The quantitative estimate of drug-likeness (QED) is 0.480. The van der Waals surface area contributed by atoms with Gasteiger partial charge in [-0.3, -0.25) is 0 Å². The van der Waals surface area contributed by atoms with Crippen LogP contribution in [0.25, 0.3) is 0 Å². The smallest absolute Gasteiger partial charge is 0.231 e. The number of ether oxygens (including phenoxy) is 2. The Bertz CT molecular complexity index is 1020. The molecule has 6 heteroatoms. The van der Waals surface area contributed by atoms with Crippen molar-refractivity contribution in [3.63, 3.8) is 0 Å². The van der Waals surface area contributed by atoms with Crippen LogP contribution in [0.15, 0.2) is 53.0 Å². The zero-order chi connectivity index (χ0) is 19.4. The summed E-state index contributed by atoms with van der Waals surface area (Å²) < 4.78 is 12.1. The van der Waals surface area contributed by atoms with Gasteiger partial charge in [-0.05, 0) is 46.6 Å². The molecule has 0 saturated carbocycles. The van der Waals surface area contributed by atoms with E-state index in [1.165, 1.54) is 0 Å². The van der Waals surface area contributed by atoms with Gasteiger partial charge in [0.05, 0.1) is 18.7 Å². The van der Waals surface area contributed by atoms with Gasteiger partial charge in [0, 0.05) is 22.7 Å². The number of nitriles is 1. The summed E-state index contributed by atoms with van der Waals surface area (Å²) in [7, 11) is 1.56. The monoisotopic (exact) mass is 442 g/mol. The molecule has 0 aliphatic rings. The van der Waals surface area contributed by atoms with E-state index in [1.54, 1.807) is 25.3 Å². The molecule has 0 amide bonds. The lowest BCUT2D eigenvalue weighted by atomic mass is 10.0. The number of pyridine rings is 1. The number of aryl methyl sites for hydroxylation is 1. The minimum absolute atomic E-state index is 0.427. The highest BCUT2D eigenvalue weighted by Crippen LogP contribution is 2.41. The molecular formula is C21H16BrClN2O2. The molecule has 0 unspecified atom stereocenters. The maximum atomic E-state index is 9.18. The van der Waals surface area contributed by atoms with E-state index in [0.717, 1.165) is 16.8 Å². The fourth-order valence-corrected chi connectivity index (χ4v) is 3.51. The Kier molecular flexibility index (Phi) is 6.00. The highest BCUT2D eigenvalue weighted by molar-refractivity contribution is 9.10. The zero-order valence-corrected chi connectivity index (χ0v) is 17.1. The van der Waals surface area contributed by atoms with Gasteiger partial charge in [-0.25, -0.2) is 4.98 Å². The van der Waals surface area contributed by atoms with E-state index in [2.05, 4.69) is 39.1 Å². The highest BCUT2D eigenvalue weighted by atomic mass is 79.9. The molecule has 4 nitrogen and oxygen atoms in total. The number of aromatic nitrogens is 1. The molecule has 0 bridgehead atoms. The lowest BCUT2D eigenvalue weighted by Crippen LogP contribution is -2.03. The van der Waals surface area contributed by atoms with E-state index in [-0.39, 0.29) is 0 Å². The van der Waals surface area contributed by atoms with Crippen LogP contribution in [0.5, 0.6) is 17.4 Å². The van der Waals surface area contributed by atoms with E-state index < -0.39 is 0 Å². The van der Waals surface area contributed by atoms with Gasteiger partial charge in [0.25, 0.3) is 0 Å². The van der Waals surface area contributed by atoms with Crippen molar-refractivity contribution < 1.29 is 9.47 Å². The first-order valence-electron chi connectivity index (χ1n) is 8.17. The molecule has 3 aromatic rings. The first-order valence-corrected chi connectivity index (χ1v) is 9.34. The maximum absolute atomic E-state index is 9.18. The molecule has 3 rings (SSSR count). The Morgan fingerprint density at radius 2 is 1.93 bits per heavy atom. The Balaban J connectivity index is 2.10. The van der Waals surface area contributed by atoms with Gasteiger partial charge in [-0.2, -0.15) is 5.26 Å². The molecule has 0 N–H and O–H groups in total. The average molecular weight is 444 g/mol. The fraction of sp³-hybridized carbons (Fsp3) is 0.143. The van der Waals surface area contributed by atoms with Crippen molar-refractivity contribution in [2.75, 3.05) is 7.11 Å². The molecule has 0 saturated heterocycles. The van der Waals surface area contributed by atoms with Crippen molar-refractivity contribution >= 4 is 27.5 Å². The summed E-state index contributed by atoms with van der Waals surface area (Å²) in [6, 6.07) is 17.1. The maximum Gasteiger partial charge on any atom is 0.231 e. The minimum atomic E-state index is 0.427. The predicted molar refractivity (Wildman–Crippen MR) is 109 cm³/mol. The van der Waals surface area contributed by atoms with Crippen LogP contribution < -0.4 is 9.47 Å². The van der Waals surface area contributed by atoms with E-state index in [4.69, 9.17) is 21.1 Å². The Hall–Kier alpha value is -2.55. The second-order valence-corrected chi connectivity index (χ2v) is 7.11. The molecule has 27 heavy (non-hydrogen) atoms. The first kappa shape index (κ1) is 19.2. The Morgan fingerprint density at radius 1 is 1.19 bits per heavy atom. The van der Waals surface area contributed by atoms with Crippen LogP contribution >= 0.6 is 27.5 Å². The molecule has 0 aliphatic heterocycles. The summed E-state index contributed by atoms with van der Waals surface area (Å²) in [6.45, 7) is 1.92. The summed E-state index contributed by atoms with van der Waals surface area (Å²) in [5.74, 6) is 1.50. The summed E-state index contributed by atoms with van der Waals surface area (Å²) >= 11 is 9.66. The minimum Gasteiger partial charge on any atom is -0.480 e. The lowest BCUT2D eigenvalue weighted by molar-refractivity contribution is 0.386. The summed E-state index contributed by atoms with van der Waals surface area (Å²) in [5, 5.41) is 9.61. The number of rotatable bonds is 5. The van der Waals surface area contributed by atoms with Crippen molar-refractivity contribution in [2.45, 2.75) is 13.3 Å². The van der Waals surface area contributed by atoms with E-state index >= 15 is 0 Å². The molecule has 0 atom stereocenters. The van der Waals surface area contributed by atoms with Crippen LogP contribution in [0, 0.1) is 18.3 Å². The van der Waals surface area contributed by atoms with Crippen molar-refractivity contribution in [3.8, 4) is 23.4 Å². The summed E-state index contributed by atoms with van der Waals surface area (Å²) in [5.41, 5.74) is 3.29. The number of hydrogen-bond acceptors (Lipinski definition) is 4. The summed E-state index contributed by atoms with van der Waals surface area (Å²) in [6.07, 6.45) is 0.642. The second kappa shape index (κ2) is 8.43. The standard InChI is InChI=1S/C21H16BrClN2O2/c1-13-18(10-14-6-4-3-5-7-14)20(19(22)21(25-13)26-2)27-17-9-15(12-24)8-16(23)11-17/h3-9,11H,10H2,1-2H3. The topological polar surface area (TPSA) is 55.1 Å². The fourth-order valence-electron chi connectivity index (χ4n) is 2.72. The lowest BCUT2D eigenvalue weighted by Gasteiger charge is -2.17. The number of hydrogen-bond donors (Lipinski definition) is 0. The van der Waals surface area contributed by atoms with E-state index in [0.29, 0.717) is 38.9 Å². The van der Waals surface area contributed by atoms with Gasteiger partial charge >= 0.3 is 0 Å². The molecular weight excluding hydrogens is 428 g/mol. The van der Waals surface area contributed by atoms with Gasteiger partial charge < -0.3 is 9.47 Å². The third-order valence-electron chi connectivity index (χ3n) is 4.00. The molecule has 136 valence electrons. The van der Waals surface area contributed by atoms with Gasteiger partial charge in [-0.1, -0.05) is 41.9 Å². The molecule has 2 aromatic carbocycles. The Morgan fingerprint density at radius 3 is 2.59 bits per heavy atom. The van der Waals surface area contributed by atoms with E-state index in [1.807, 2.05) is 25.1 Å². The van der Waals surface area contributed by atoms with Gasteiger partial charge in [0.1, 0.15) is 10.2 Å². The van der Waals surface area contributed by atoms with Crippen LogP contribution in [0.3, 0.4) is 0 Å². The molecule has 0 aliphatic carbocycles. The zero-order valence-electron chi connectivity index (χ0n) is 14.8. The van der Waals surface area contributed by atoms with Crippen molar-refractivity contribution in [1.29, 1.82) is 5.26 Å². The number of methoxy groups -OCH3 is 1. The van der Waals surface area contributed by atoms with Gasteiger partial charge in [0.2, 0.25) is 5.88 Å². The third-order valence-corrected chi connectivity index (χ3v) is 4.92. The largest absolute Gasteiger partial charge is 0.480 e. The Labute approximate surface area is 171 Å². The second-order valence-electron chi connectivity index (χ2n) is 5.88. The number of benzene rings is 2. The average Bonchev–Trinajstić information content (AvgIpc) is 2.67. The molecule has 0 radical (unpaired) electrons. The van der Waals surface area contributed by atoms with Gasteiger partial charge in [-0.15, -0.1) is 0 Å². The van der Waals surface area contributed by atoms with Crippen LogP contribution in [0.4, 0.5) is 0 Å². The number of halogens is 2. The number of nitrogens with zero attached hydrogens (tertiary/aromatic N) is 2. The van der Waals surface area contributed by atoms with Crippen LogP contribution in [0.2, 0.25) is 5.02 Å². The van der Waals surface area contributed by atoms with Crippen LogP contribution in [0.1, 0.15) is 22.4 Å². The van der Waals surface area contributed by atoms with Gasteiger partial charge in [0.15, 0.2) is 5.75 Å². The van der Waals surface area contributed by atoms with Crippen molar-refractivity contribution in [1.82, 2.24) is 4.98 Å².